The quantitative estimate of drug-likeness (QED) is 0.640. The smallest absolute Gasteiger partial charge is 0.269 e. The zero-order valence-corrected chi connectivity index (χ0v) is 13.1. The van der Waals surface area contributed by atoms with E-state index in [0.717, 1.165) is 11.1 Å². The fourth-order valence-corrected chi connectivity index (χ4v) is 2.87. The van der Waals surface area contributed by atoms with Crippen molar-refractivity contribution in [2.45, 2.75) is 12.5 Å². The Balaban J connectivity index is 1.73. The van der Waals surface area contributed by atoms with E-state index in [2.05, 4.69) is 0 Å². The van der Waals surface area contributed by atoms with Gasteiger partial charge in [0.25, 0.3) is 5.69 Å². The lowest BCUT2D eigenvalue weighted by Crippen LogP contribution is -2.44. The molecule has 6 nitrogen and oxygen atoms in total. The van der Waals surface area contributed by atoms with E-state index in [-0.39, 0.29) is 24.1 Å². The standard InChI is InChI=1S/C18H18N2O4/c21-18(12-14-6-8-16(9-7-14)20(22)23)19-10-11-24-13-17(19)15-4-2-1-3-5-15/h1-9,17H,10-13H2. The number of hydrogen-bond donors (Lipinski definition) is 0. The van der Waals surface area contributed by atoms with E-state index in [9.17, 15) is 14.9 Å². The van der Waals surface area contributed by atoms with Crippen molar-refractivity contribution in [1.82, 2.24) is 4.90 Å². The lowest BCUT2D eigenvalue weighted by Gasteiger charge is -2.36. The number of carbonyl (C=O) groups excluding carboxylic acids is 1. The van der Waals surface area contributed by atoms with Gasteiger partial charge in [-0.2, -0.15) is 0 Å². The third-order valence-electron chi connectivity index (χ3n) is 4.14. The van der Waals surface area contributed by atoms with Crippen LogP contribution in [0, 0.1) is 10.1 Å². The Kier molecular flexibility index (Phi) is 4.86. The van der Waals surface area contributed by atoms with Crippen LogP contribution < -0.4 is 0 Å². The molecular formula is C18H18N2O4. The molecule has 1 fully saturated rings. The highest BCUT2D eigenvalue weighted by Crippen LogP contribution is 2.25. The highest BCUT2D eigenvalue weighted by molar-refractivity contribution is 5.79. The molecule has 124 valence electrons. The van der Waals surface area contributed by atoms with Gasteiger partial charge < -0.3 is 9.64 Å². The normalized spacial score (nSPS) is 17.5. The Morgan fingerprint density at radius 3 is 2.54 bits per heavy atom. The minimum Gasteiger partial charge on any atom is -0.377 e. The van der Waals surface area contributed by atoms with Crippen LogP contribution in [0.1, 0.15) is 17.2 Å². The molecule has 1 aliphatic heterocycles. The summed E-state index contributed by atoms with van der Waals surface area (Å²) in [5, 5.41) is 10.7. The fourth-order valence-electron chi connectivity index (χ4n) is 2.87. The van der Waals surface area contributed by atoms with Crippen molar-refractivity contribution in [3.05, 3.63) is 75.8 Å². The van der Waals surface area contributed by atoms with Gasteiger partial charge in [-0.25, -0.2) is 0 Å². The summed E-state index contributed by atoms with van der Waals surface area (Å²) in [6.45, 7) is 1.55. The van der Waals surface area contributed by atoms with Gasteiger partial charge >= 0.3 is 0 Å². The molecule has 0 bridgehead atoms. The van der Waals surface area contributed by atoms with E-state index < -0.39 is 4.92 Å². The first kappa shape index (κ1) is 16.1. The maximum atomic E-state index is 12.7. The topological polar surface area (TPSA) is 72.7 Å². The molecule has 1 aliphatic rings. The molecule has 24 heavy (non-hydrogen) atoms. The number of carbonyl (C=O) groups is 1. The summed E-state index contributed by atoms with van der Waals surface area (Å²) in [6, 6.07) is 15.8. The zero-order chi connectivity index (χ0) is 16.9. The van der Waals surface area contributed by atoms with Gasteiger partial charge in [0.1, 0.15) is 0 Å². The van der Waals surface area contributed by atoms with Gasteiger partial charge in [0.05, 0.1) is 30.6 Å². The number of nitro groups is 1. The van der Waals surface area contributed by atoms with Crippen molar-refractivity contribution >= 4 is 11.6 Å². The molecule has 6 heteroatoms. The molecule has 3 rings (SSSR count). The zero-order valence-electron chi connectivity index (χ0n) is 13.1. The molecule has 1 saturated heterocycles. The molecule has 0 spiro atoms. The van der Waals surface area contributed by atoms with Gasteiger partial charge in [0.2, 0.25) is 5.91 Å². The second-order valence-corrected chi connectivity index (χ2v) is 5.69. The number of non-ortho nitro benzene ring substituents is 1. The summed E-state index contributed by atoms with van der Waals surface area (Å²) in [6.07, 6.45) is 0.224. The number of nitro benzene ring substituents is 1. The average molecular weight is 326 g/mol. The maximum Gasteiger partial charge on any atom is 0.269 e. The second-order valence-electron chi connectivity index (χ2n) is 5.69. The number of hydrogen-bond acceptors (Lipinski definition) is 4. The minimum absolute atomic E-state index is 0.000932. The molecule has 0 aliphatic carbocycles. The molecule has 1 heterocycles. The SMILES string of the molecule is O=C(Cc1ccc([N+](=O)[O-])cc1)N1CCOCC1c1ccccc1. The van der Waals surface area contributed by atoms with E-state index in [4.69, 9.17) is 4.74 Å². The van der Waals surface area contributed by atoms with Gasteiger partial charge in [-0.1, -0.05) is 42.5 Å². The number of benzene rings is 2. The van der Waals surface area contributed by atoms with Crippen LogP contribution in [0.15, 0.2) is 54.6 Å². The molecule has 1 amide bonds. The molecule has 0 aromatic heterocycles. The van der Waals surface area contributed by atoms with Crippen molar-refractivity contribution < 1.29 is 14.5 Å². The molecule has 0 radical (unpaired) electrons. The first-order valence-electron chi connectivity index (χ1n) is 7.80. The van der Waals surface area contributed by atoms with Gasteiger partial charge in [0.15, 0.2) is 0 Å². The summed E-state index contributed by atoms with van der Waals surface area (Å²) in [5.74, 6) is 0.000932. The minimum atomic E-state index is -0.445. The summed E-state index contributed by atoms with van der Waals surface area (Å²) in [4.78, 5) is 24.8. The first-order valence-corrected chi connectivity index (χ1v) is 7.80. The van der Waals surface area contributed by atoms with Crippen LogP contribution in [0.2, 0.25) is 0 Å². The van der Waals surface area contributed by atoms with E-state index >= 15 is 0 Å². The van der Waals surface area contributed by atoms with Crippen LogP contribution in [0.25, 0.3) is 0 Å². The first-order chi connectivity index (χ1) is 11.6. The second kappa shape index (κ2) is 7.23. The molecule has 2 aromatic carbocycles. The molecule has 0 N–H and O–H groups in total. The van der Waals surface area contributed by atoms with Crippen LogP contribution >= 0.6 is 0 Å². The van der Waals surface area contributed by atoms with Crippen LogP contribution in [0.3, 0.4) is 0 Å². The Bertz CT molecular complexity index is 716. The lowest BCUT2D eigenvalue weighted by molar-refractivity contribution is -0.384. The Morgan fingerprint density at radius 2 is 1.88 bits per heavy atom. The van der Waals surface area contributed by atoms with E-state index in [0.29, 0.717) is 19.8 Å². The fraction of sp³-hybridized carbons (Fsp3) is 0.278. The van der Waals surface area contributed by atoms with Gasteiger partial charge in [0, 0.05) is 18.7 Å². The summed E-state index contributed by atoms with van der Waals surface area (Å²) >= 11 is 0. The van der Waals surface area contributed by atoms with Crippen molar-refractivity contribution in [3.63, 3.8) is 0 Å². The third kappa shape index (κ3) is 3.60. The Morgan fingerprint density at radius 1 is 1.17 bits per heavy atom. The van der Waals surface area contributed by atoms with Crippen molar-refractivity contribution in [3.8, 4) is 0 Å². The van der Waals surface area contributed by atoms with Gasteiger partial charge in [-0.15, -0.1) is 0 Å². The highest BCUT2D eigenvalue weighted by atomic mass is 16.6. The lowest BCUT2D eigenvalue weighted by atomic mass is 10.0. The summed E-state index contributed by atoms with van der Waals surface area (Å²) < 4.78 is 5.54. The van der Waals surface area contributed by atoms with E-state index in [1.807, 2.05) is 35.2 Å². The molecule has 0 saturated carbocycles. The van der Waals surface area contributed by atoms with Crippen LogP contribution in [-0.4, -0.2) is 35.5 Å². The largest absolute Gasteiger partial charge is 0.377 e. The number of amides is 1. The van der Waals surface area contributed by atoms with Gasteiger partial charge in [-0.3, -0.25) is 14.9 Å². The number of ether oxygens (including phenoxy) is 1. The molecular weight excluding hydrogens is 308 g/mol. The summed E-state index contributed by atoms with van der Waals surface area (Å²) in [5.41, 5.74) is 1.85. The van der Waals surface area contributed by atoms with Crippen LogP contribution in [-0.2, 0) is 16.0 Å². The number of nitrogens with zero attached hydrogens (tertiary/aromatic N) is 2. The Labute approximate surface area is 139 Å². The maximum absolute atomic E-state index is 12.7. The van der Waals surface area contributed by atoms with Crippen molar-refractivity contribution in [2.75, 3.05) is 19.8 Å². The third-order valence-corrected chi connectivity index (χ3v) is 4.14. The predicted molar refractivity (Wildman–Crippen MR) is 88.5 cm³/mol. The average Bonchev–Trinajstić information content (AvgIpc) is 2.63. The van der Waals surface area contributed by atoms with Crippen molar-refractivity contribution in [1.29, 1.82) is 0 Å². The highest BCUT2D eigenvalue weighted by Gasteiger charge is 2.28. The van der Waals surface area contributed by atoms with E-state index in [1.165, 1.54) is 12.1 Å². The molecule has 1 atom stereocenters. The number of morpholine rings is 1. The van der Waals surface area contributed by atoms with Crippen LogP contribution in [0.4, 0.5) is 5.69 Å². The Hall–Kier alpha value is -2.73. The molecule has 2 aromatic rings. The van der Waals surface area contributed by atoms with Crippen molar-refractivity contribution in [2.24, 2.45) is 0 Å². The molecule has 1 unspecified atom stereocenters. The van der Waals surface area contributed by atoms with Crippen LogP contribution in [0.5, 0.6) is 0 Å². The predicted octanol–water partition coefficient (Wildman–Crippen LogP) is 2.74. The van der Waals surface area contributed by atoms with E-state index in [1.54, 1.807) is 12.1 Å². The monoisotopic (exact) mass is 326 g/mol. The number of rotatable bonds is 4. The summed E-state index contributed by atoms with van der Waals surface area (Å²) in [7, 11) is 0. The van der Waals surface area contributed by atoms with Gasteiger partial charge in [-0.05, 0) is 11.1 Å².